The van der Waals surface area contributed by atoms with Gasteiger partial charge in [0.05, 0.1) is 5.92 Å². The van der Waals surface area contributed by atoms with Gasteiger partial charge in [0.2, 0.25) is 0 Å². The second kappa shape index (κ2) is 3.29. The Bertz CT molecular complexity index is 590. The van der Waals surface area contributed by atoms with E-state index in [1.807, 2.05) is 12.1 Å². The highest BCUT2D eigenvalue weighted by molar-refractivity contribution is 5.55. The first-order valence-electron chi connectivity index (χ1n) is 6.27. The van der Waals surface area contributed by atoms with Crippen LogP contribution >= 0.6 is 0 Å². The van der Waals surface area contributed by atoms with Crippen LogP contribution in [0.1, 0.15) is 28.2 Å². The Morgan fingerprint density at radius 3 is 1.78 bits per heavy atom. The fourth-order valence-corrected chi connectivity index (χ4v) is 2.91. The summed E-state index contributed by atoms with van der Waals surface area (Å²) in [5, 5.41) is 0. The average molecular weight is 238 g/mol. The Balaban J connectivity index is 1.91. The second-order valence-corrected chi connectivity index (χ2v) is 5.16. The minimum absolute atomic E-state index is 0.182. The van der Waals surface area contributed by atoms with Crippen LogP contribution in [0.25, 0.3) is 0 Å². The topological polar surface area (TPSA) is 18.5 Å². The van der Waals surface area contributed by atoms with Crippen LogP contribution in [-0.2, 0) is 0 Å². The Kier molecular flexibility index (Phi) is 1.83. The lowest BCUT2D eigenvalue weighted by Crippen LogP contribution is -2.19. The number of hydrogen-bond acceptors (Lipinski definition) is 2. The lowest BCUT2D eigenvalue weighted by atomic mass is 9.91. The van der Waals surface area contributed by atoms with Gasteiger partial charge in [-0.15, -0.1) is 0 Å². The highest BCUT2D eigenvalue weighted by atomic mass is 16.7. The summed E-state index contributed by atoms with van der Waals surface area (Å²) in [4.78, 5) is 0. The summed E-state index contributed by atoms with van der Waals surface area (Å²) in [7, 11) is 0. The molecule has 0 saturated heterocycles. The summed E-state index contributed by atoms with van der Waals surface area (Å²) < 4.78 is 11.8. The van der Waals surface area contributed by atoms with E-state index in [0.717, 1.165) is 11.5 Å². The molecule has 90 valence electrons. The molecule has 2 heterocycles. The summed E-state index contributed by atoms with van der Waals surface area (Å²) in [6.07, 6.45) is -0.182. The molecule has 0 N–H and O–H groups in total. The molecule has 4 rings (SSSR count). The van der Waals surface area contributed by atoms with Crippen molar-refractivity contribution in [2.75, 3.05) is 0 Å². The maximum Gasteiger partial charge on any atom is 0.252 e. The SMILES string of the molecule is Cc1ccc2c(c1)C1c3cc(C)ccc3OC1O2. The van der Waals surface area contributed by atoms with Gasteiger partial charge >= 0.3 is 0 Å². The molecule has 18 heavy (non-hydrogen) atoms. The van der Waals surface area contributed by atoms with Crippen LogP contribution in [0.4, 0.5) is 0 Å². The minimum Gasteiger partial charge on any atom is -0.454 e. The van der Waals surface area contributed by atoms with Crippen molar-refractivity contribution in [3.8, 4) is 11.5 Å². The van der Waals surface area contributed by atoms with Gasteiger partial charge in [-0.25, -0.2) is 0 Å². The zero-order valence-electron chi connectivity index (χ0n) is 10.4. The first-order chi connectivity index (χ1) is 8.72. The summed E-state index contributed by atoms with van der Waals surface area (Å²) >= 11 is 0. The van der Waals surface area contributed by atoms with Crippen molar-refractivity contribution >= 4 is 0 Å². The third-order valence-corrected chi connectivity index (χ3v) is 3.76. The van der Waals surface area contributed by atoms with E-state index in [1.165, 1.54) is 22.3 Å². The largest absolute Gasteiger partial charge is 0.454 e. The van der Waals surface area contributed by atoms with E-state index in [4.69, 9.17) is 9.47 Å². The lowest BCUT2D eigenvalue weighted by Gasteiger charge is -2.08. The van der Waals surface area contributed by atoms with Gasteiger partial charge in [-0.3, -0.25) is 0 Å². The van der Waals surface area contributed by atoms with Gasteiger partial charge in [-0.1, -0.05) is 35.4 Å². The zero-order chi connectivity index (χ0) is 12.3. The molecule has 0 fully saturated rings. The highest BCUT2D eigenvalue weighted by Gasteiger charge is 2.43. The molecule has 2 nitrogen and oxygen atoms in total. The molecule has 0 unspecified atom stereocenters. The monoisotopic (exact) mass is 238 g/mol. The molecule has 0 aliphatic carbocycles. The molecule has 0 spiro atoms. The minimum atomic E-state index is -0.182. The van der Waals surface area contributed by atoms with E-state index in [9.17, 15) is 0 Å². The molecular weight excluding hydrogens is 224 g/mol. The number of benzene rings is 2. The molecule has 0 radical (unpaired) electrons. The zero-order valence-corrected chi connectivity index (χ0v) is 10.4. The van der Waals surface area contributed by atoms with E-state index in [2.05, 4.69) is 38.1 Å². The molecule has 2 heteroatoms. The standard InChI is InChI=1S/C16H14O2/c1-9-3-5-13-11(7-9)15-12-8-10(2)4-6-14(12)18-16(15)17-13/h3-8,15-16H,1-2H3. The molecule has 0 atom stereocenters. The molecule has 2 aromatic carbocycles. The first-order valence-corrected chi connectivity index (χ1v) is 6.27. The van der Waals surface area contributed by atoms with Crippen LogP contribution < -0.4 is 9.47 Å². The smallest absolute Gasteiger partial charge is 0.252 e. The Morgan fingerprint density at radius 2 is 1.28 bits per heavy atom. The molecular formula is C16H14O2. The number of fused-ring (bicyclic) bond motifs is 5. The molecule has 0 aromatic heterocycles. The fourth-order valence-electron chi connectivity index (χ4n) is 2.91. The number of aryl methyl sites for hydroxylation is 2. The van der Waals surface area contributed by atoms with Gasteiger partial charge in [0.25, 0.3) is 6.29 Å². The Morgan fingerprint density at radius 1 is 0.778 bits per heavy atom. The van der Waals surface area contributed by atoms with Crippen LogP contribution in [0.3, 0.4) is 0 Å². The predicted octanol–water partition coefficient (Wildman–Crippen LogP) is 3.55. The van der Waals surface area contributed by atoms with E-state index in [1.54, 1.807) is 0 Å². The van der Waals surface area contributed by atoms with Crippen LogP contribution in [0, 0.1) is 13.8 Å². The predicted molar refractivity (Wildman–Crippen MR) is 69.2 cm³/mol. The number of rotatable bonds is 0. The van der Waals surface area contributed by atoms with Gasteiger partial charge < -0.3 is 9.47 Å². The Labute approximate surface area is 106 Å². The highest BCUT2D eigenvalue weighted by Crippen LogP contribution is 2.50. The summed E-state index contributed by atoms with van der Waals surface area (Å²) in [5.74, 6) is 2.15. The molecule has 2 aromatic rings. The van der Waals surface area contributed by atoms with Crippen molar-refractivity contribution in [2.45, 2.75) is 26.1 Å². The van der Waals surface area contributed by atoms with Crippen molar-refractivity contribution in [1.82, 2.24) is 0 Å². The number of ether oxygens (including phenoxy) is 2. The Hall–Kier alpha value is -1.96. The summed E-state index contributed by atoms with van der Waals surface area (Å²) in [6, 6.07) is 12.7. The van der Waals surface area contributed by atoms with Crippen LogP contribution in [0.15, 0.2) is 36.4 Å². The molecule has 0 saturated carbocycles. The van der Waals surface area contributed by atoms with Gasteiger partial charge in [-0.05, 0) is 26.0 Å². The van der Waals surface area contributed by atoms with Gasteiger partial charge in [0.15, 0.2) is 0 Å². The molecule has 0 amide bonds. The maximum atomic E-state index is 5.89. The van der Waals surface area contributed by atoms with Crippen molar-refractivity contribution in [3.05, 3.63) is 58.7 Å². The van der Waals surface area contributed by atoms with Crippen molar-refractivity contribution in [3.63, 3.8) is 0 Å². The molecule has 2 aliphatic rings. The average Bonchev–Trinajstić information content (AvgIpc) is 2.85. The third-order valence-electron chi connectivity index (χ3n) is 3.76. The van der Waals surface area contributed by atoms with Crippen LogP contribution in [-0.4, -0.2) is 6.29 Å². The van der Waals surface area contributed by atoms with E-state index in [0.29, 0.717) is 0 Å². The van der Waals surface area contributed by atoms with Crippen LogP contribution in [0.2, 0.25) is 0 Å². The van der Waals surface area contributed by atoms with E-state index < -0.39 is 0 Å². The first kappa shape index (κ1) is 10.0. The molecule has 2 aliphatic heterocycles. The third kappa shape index (κ3) is 1.23. The van der Waals surface area contributed by atoms with Gasteiger partial charge in [0.1, 0.15) is 11.5 Å². The summed E-state index contributed by atoms with van der Waals surface area (Å²) in [6.45, 7) is 4.22. The van der Waals surface area contributed by atoms with E-state index in [-0.39, 0.29) is 12.2 Å². The van der Waals surface area contributed by atoms with E-state index >= 15 is 0 Å². The fraction of sp³-hybridized carbons (Fsp3) is 0.250. The van der Waals surface area contributed by atoms with Gasteiger partial charge in [0, 0.05) is 11.1 Å². The quantitative estimate of drug-likeness (QED) is 0.698. The lowest BCUT2D eigenvalue weighted by molar-refractivity contribution is 0.0330. The van der Waals surface area contributed by atoms with Crippen molar-refractivity contribution < 1.29 is 9.47 Å². The van der Waals surface area contributed by atoms with Gasteiger partial charge in [-0.2, -0.15) is 0 Å². The number of hydrogen-bond donors (Lipinski definition) is 0. The van der Waals surface area contributed by atoms with Crippen molar-refractivity contribution in [1.29, 1.82) is 0 Å². The van der Waals surface area contributed by atoms with Crippen LogP contribution in [0.5, 0.6) is 11.5 Å². The normalized spacial score (nSPS) is 22.8. The van der Waals surface area contributed by atoms with Crippen molar-refractivity contribution in [2.24, 2.45) is 0 Å². The summed E-state index contributed by atoms with van der Waals surface area (Å²) in [5.41, 5.74) is 5.03. The molecule has 0 bridgehead atoms. The maximum absolute atomic E-state index is 5.89. The second-order valence-electron chi connectivity index (χ2n) is 5.16.